The summed E-state index contributed by atoms with van der Waals surface area (Å²) in [5.74, 6) is 0. The van der Waals surface area contributed by atoms with Crippen molar-refractivity contribution in [1.29, 1.82) is 0 Å². The first kappa shape index (κ1) is 66.3. The van der Waals surface area contributed by atoms with Gasteiger partial charge < -0.3 is 85.7 Å². The van der Waals surface area contributed by atoms with Crippen LogP contribution < -0.4 is 40.6 Å². The molecule has 0 aromatic heterocycles. The molecule has 0 spiro atoms. The van der Waals surface area contributed by atoms with Gasteiger partial charge in [-0.15, -0.1) is 0 Å². The van der Waals surface area contributed by atoms with E-state index < -0.39 is 91.9 Å². The third kappa shape index (κ3) is 16.3. The van der Waals surface area contributed by atoms with Crippen LogP contribution in [0.1, 0.15) is 22.9 Å². The molecule has 15 atom stereocenters. The number of aliphatic hydroxyl groups is 6. The molecule has 0 aliphatic carbocycles. The summed E-state index contributed by atoms with van der Waals surface area (Å²) in [4.78, 5) is 15.1. The number of rotatable bonds is 15. The smallest absolute Gasteiger partial charge is 1.00 e. The van der Waals surface area contributed by atoms with Crippen LogP contribution in [0, 0.1) is 0 Å². The summed E-state index contributed by atoms with van der Waals surface area (Å²) in [6, 6.07) is 40.1. The molecule has 78 heavy (non-hydrogen) atoms. The summed E-state index contributed by atoms with van der Waals surface area (Å²) < 4.78 is 47.9. The number of nitrogens with two attached hydrogens (primary N) is 1. The first-order valence-corrected chi connectivity index (χ1v) is 24.8. The van der Waals surface area contributed by atoms with Crippen LogP contribution in [-0.4, -0.2) is 206 Å². The fourth-order valence-electron chi connectivity index (χ4n) is 9.62. The van der Waals surface area contributed by atoms with Crippen molar-refractivity contribution in [2.24, 2.45) is 10.7 Å². The van der Waals surface area contributed by atoms with Crippen LogP contribution in [0.3, 0.4) is 0 Å². The molecule has 3 fully saturated rings. The minimum Gasteiger partial charge on any atom is -1.00 e. The molecule has 0 amide bonds. The molecule has 3 heterocycles. The summed E-state index contributed by atoms with van der Waals surface area (Å²) >= 11 is 0. The van der Waals surface area contributed by atoms with Crippen LogP contribution in [-0.2, 0) is 49.2 Å². The summed E-state index contributed by atoms with van der Waals surface area (Å²) in [5, 5.41) is 68.8. The van der Waals surface area contributed by atoms with Gasteiger partial charge in [0, 0.05) is 75.0 Å². The van der Waals surface area contributed by atoms with Crippen molar-refractivity contribution in [3.8, 4) is 0 Å². The Hall–Kier alpha value is -4.18. The minimum absolute atomic E-state index is 0. The Labute approximate surface area is 480 Å². The van der Waals surface area contributed by atoms with E-state index in [0.717, 1.165) is 49.9 Å². The van der Waals surface area contributed by atoms with Gasteiger partial charge in [0.1, 0.15) is 61.0 Å². The van der Waals surface area contributed by atoms with Crippen molar-refractivity contribution in [2.75, 3.05) is 62.5 Å². The Morgan fingerprint density at radius 1 is 0.538 bits per heavy atom. The Morgan fingerprint density at radius 2 is 0.949 bits per heavy atom. The fourth-order valence-corrected chi connectivity index (χ4v) is 9.62. The largest absolute Gasteiger partial charge is 1.00 e. The van der Waals surface area contributed by atoms with Crippen molar-refractivity contribution < 1.29 is 109 Å². The summed E-state index contributed by atoms with van der Waals surface area (Å²) in [7, 11) is 8.83. The molecule has 3 saturated heterocycles. The van der Waals surface area contributed by atoms with Gasteiger partial charge in [0.15, 0.2) is 25.2 Å². The molecule has 9 N–H and O–H groups in total. The second kappa shape index (κ2) is 33.5. The Bertz CT molecular complexity index is 2720. The average molecular weight is 1090 g/mol. The first-order valence-electron chi connectivity index (χ1n) is 24.8. The van der Waals surface area contributed by atoms with E-state index in [-0.39, 0.29) is 59.2 Å². The molecule has 3 aliphatic rings. The number of hydrogen-bond donors (Lipinski definition) is 8. The molecule has 6 unspecified atom stereocenters. The van der Waals surface area contributed by atoms with Crippen LogP contribution in [0.15, 0.2) is 132 Å². The van der Waals surface area contributed by atoms with Crippen molar-refractivity contribution in [3.63, 3.8) is 0 Å². The van der Waals surface area contributed by atoms with Gasteiger partial charge in [-0.2, -0.15) is 0 Å². The third-order valence-electron chi connectivity index (χ3n) is 13.7. The second-order valence-corrected chi connectivity index (χ2v) is 18.1. The summed E-state index contributed by atoms with van der Waals surface area (Å²) in [5.41, 5.74) is 8.48. The van der Waals surface area contributed by atoms with E-state index in [9.17, 15) is 30.3 Å². The zero-order chi connectivity index (χ0) is 54.7. The predicted molar refractivity (Wildman–Crippen MR) is 293 cm³/mol. The number of aliphatic hydroxyl groups excluding tert-OH is 6. The van der Waals surface area contributed by atoms with Crippen molar-refractivity contribution in [3.05, 3.63) is 144 Å². The zero-order valence-corrected chi connectivity index (χ0v) is 47.1. The van der Waals surface area contributed by atoms with E-state index in [1.54, 1.807) is 6.21 Å². The van der Waals surface area contributed by atoms with E-state index >= 15 is 0 Å². The number of benzene rings is 6. The molecular weight excluding hydrogens is 1020 g/mol. The van der Waals surface area contributed by atoms with Gasteiger partial charge in [0.25, 0.3) is 0 Å². The molecule has 3 aliphatic heterocycles. The van der Waals surface area contributed by atoms with E-state index in [0.29, 0.717) is 6.54 Å². The fraction of sp³-hybridized carbons (Fsp3) is 0.439. The molecule has 6 aromatic carbocycles. The molecule has 3 radical (unpaired) electrons. The summed E-state index contributed by atoms with van der Waals surface area (Å²) in [6.07, 6.45) is -6.08. The average Bonchev–Trinajstić information content (AvgIpc) is 3.48. The van der Waals surface area contributed by atoms with Gasteiger partial charge in [-0.25, -0.2) is 0 Å². The third-order valence-corrected chi connectivity index (χ3v) is 13.7. The Morgan fingerprint density at radius 3 is 1.45 bits per heavy atom. The van der Waals surface area contributed by atoms with Crippen LogP contribution in [0.5, 0.6) is 0 Å². The van der Waals surface area contributed by atoms with Crippen LogP contribution in [0.2, 0.25) is 0 Å². The SMILES string of the molecule is CO[C@@H]1OC(CO)[C@@H](OC)[C@H](O)C1N.CO[C@@H]1OC(CO)[C@@H](OC)[C@H](O)C1N=Cc1cccc2ccccc12.CO[C@@H]1OC(CO)[C@@H](OC)[C@H](O)C1NCc1cccc2ccccc12.O=Cc1cccc2ccccc12.[B].[H-].[Na+]. The number of nitrogens with one attached hydrogen (secondary N) is 1. The van der Waals surface area contributed by atoms with E-state index in [1.807, 2.05) is 103 Å². The van der Waals surface area contributed by atoms with Gasteiger partial charge in [-0.1, -0.05) is 127 Å². The number of hydrogen-bond acceptors (Lipinski definition) is 19. The number of nitrogens with zero attached hydrogens (tertiary/aromatic N) is 1. The van der Waals surface area contributed by atoms with Gasteiger partial charge in [0.05, 0.1) is 31.9 Å². The maximum Gasteiger partial charge on any atom is 1.00 e. The van der Waals surface area contributed by atoms with Crippen molar-refractivity contribution in [2.45, 2.75) is 98.5 Å². The van der Waals surface area contributed by atoms with Crippen LogP contribution in [0.4, 0.5) is 0 Å². The minimum atomic E-state index is -0.952. The molecule has 417 valence electrons. The molecule has 0 bridgehead atoms. The first-order chi connectivity index (χ1) is 36.9. The number of methoxy groups -OCH3 is 6. The zero-order valence-electron chi connectivity index (χ0n) is 46.1. The number of aliphatic imine (C=N–C) groups is 1. The van der Waals surface area contributed by atoms with Gasteiger partial charge >= 0.3 is 29.6 Å². The normalized spacial score (nSPS) is 28.7. The Balaban J connectivity index is 0.000000285. The molecule has 19 nitrogen and oxygen atoms in total. The molecule has 6 aromatic rings. The molecule has 9 rings (SSSR count). The molecular formula is C57H74BN3NaO16. The van der Waals surface area contributed by atoms with Crippen LogP contribution in [0.25, 0.3) is 32.3 Å². The number of carbonyl (C=O) groups excluding carboxylic acids is 1. The topological polar surface area (TPSA) is 272 Å². The number of ether oxygens (including phenoxy) is 9. The monoisotopic (exact) mass is 1090 g/mol. The van der Waals surface area contributed by atoms with Gasteiger partial charge in [-0.3, -0.25) is 9.79 Å². The van der Waals surface area contributed by atoms with Gasteiger partial charge in [-0.05, 0) is 37.9 Å². The van der Waals surface area contributed by atoms with Gasteiger partial charge in [0.2, 0.25) is 0 Å². The number of carbonyl (C=O) groups is 1. The number of aldehydes is 1. The maximum absolute atomic E-state index is 10.7. The number of fused-ring (bicyclic) bond motifs is 3. The Kier molecular flexibility index (Phi) is 28.5. The van der Waals surface area contributed by atoms with E-state index in [4.69, 9.17) is 53.5 Å². The van der Waals surface area contributed by atoms with Crippen molar-refractivity contribution in [1.82, 2.24) is 5.32 Å². The second-order valence-electron chi connectivity index (χ2n) is 18.1. The van der Waals surface area contributed by atoms with Crippen LogP contribution >= 0.6 is 0 Å². The molecule has 21 heteroatoms. The van der Waals surface area contributed by atoms with E-state index in [2.05, 4.69) is 34.6 Å². The standard InChI is InChI=1S/C19H25NO5.C19H23NO5.C11H8O.C8H17NO5.B.Na.H/c2*1-23-18-15(11-21)25-19(24-2)16(17(18)22)20-10-13-8-5-7-12-6-3-4-9-14(12)13;12-8-10-6-3-5-9-4-1-2-7-11(9)10;1-12-7-4(3-10)14-8(13-2)5(9)6(7)11;;;/h3-9,15-22H,10-11H2,1-2H3;3-10,15-19,21-22H,11H2,1-2H3;1-8H;4-8,10-11H,3,9H2,1-2H3;;;/q;;;;;+1;-1/t2*15?,16?,17-,18-,19-;;4?,5?,6-,7-,8-;;;/m11.1.../s1. The van der Waals surface area contributed by atoms with Crippen molar-refractivity contribution >= 4 is 53.2 Å². The predicted octanol–water partition coefficient (Wildman–Crippen LogP) is -0.154. The summed E-state index contributed by atoms with van der Waals surface area (Å²) in [6.45, 7) is -0.213. The molecule has 0 saturated carbocycles. The van der Waals surface area contributed by atoms with E-state index in [1.165, 1.54) is 48.0 Å². The maximum atomic E-state index is 10.7. The quantitative estimate of drug-likeness (QED) is 0.0377.